The van der Waals surface area contributed by atoms with Gasteiger partial charge < -0.3 is 9.42 Å². The molecule has 31 heavy (non-hydrogen) atoms. The second kappa shape index (κ2) is 9.08. The SMILES string of the molecule is Cc1ccccc1-c1noc(C[C@H]2CCCN(C(=O)C3CCN(S(C)(=O)=O)CC3)C2)n1. The summed E-state index contributed by atoms with van der Waals surface area (Å²) in [5.74, 6) is 1.57. The Morgan fingerprint density at radius 2 is 1.90 bits per heavy atom. The molecule has 9 heteroatoms. The monoisotopic (exact) mass is 446 g/mol. The number of piperidine rings is 2. The van der Waals surface area contributed by atoms with Gasteiger partial charge in [-0.25, -0.2) is 12.7 Å². The van der Waals surface area contributed by atoms with Crippen molar-refractivity contribution >= 4 is 15.9 Å². The molecular formula is C22H30N4O4S. The maximum Gasteiger partial charge on any atom is 0.227 e. The third-order valence-electron chi connectivity index (χ3n) is 6.42. The Bertz CT molecular complexity index is 1030. The Balaban J connectivity index is 1.34. The molecule has 1 atom stereocenters. The fraction of sp³-hybridized carbons (Fsp3) is 0.591. The van der Waals surface area contributed by atoms with Gasteiger partial charge in [0, 0.05) is 44.1 Å². The van der Waals surface area contributed by atoms with Gasteiger partial charge in [-0.1, -0.05) is 29.4 Å². The summed E-state index contributed by atoms with van der Waals surface area (Å²) in [6.45, 7) is 4.33. The van der Waals surface area contributed by atoms with Gasteiger partial charge in [0.05, 0.1) is 6.26 Å². The van der Waals surface area contributed by atoms with Gasteiger partial charge in [-0.15, -0.1) is 0 Å². The van der Waals surface area contributed by atoms with Crippen molar-refractivity contribution in [2.45, 2.75) is 39.0 Å². The van der Waals surface area contributed by atoms with Crippen molar-refractivity contribution in [1.29, 1.82) is 0 Å². The van der Waals surface area contributed by atoms with Crippen molar-refractivity contribution in [1.82, 2.24) is 19.3 Å². The van der Waals surface area contributed by atoms with Gasteiger partial charge in [0.2, 0.25) is 27.6 Å². The second-order valence-corrected chi connectivity index (χ2v) is 10.7. The van der Waals surface area contributed by atoms with Crippen LogP contribution in [0.4, 0.5) is 0 Å². The highest BCUT2D eigenvalue weighted by atomic mass is 32.2. The number of hydrogen-bond acceptors (Lipinski definition) is 6. The van der Waals surface area contributed by atoms with E-state index in [4.69, 9.17) is 4.52 Å². The Hall–Kier alpha value is -2.26. The molecule has 2 aromatic rings. The lowest BCUT2D eigenvalue weighted by molar-refractivity contribution is -0.138. The highest BCUT2D eigenvalue weighted by Crippen LogP contribution is 2.27. The van der Waals surface area contributed by atoms with Crippen LogP contribution in [0.1, 0.15) is 37.1 Å². The molecule has 4 rings (SSSR count). The first-order valence-corrected chi connectivity index (χ1v) is 12.8. The van der Waals surface area contributed by atoms with Crippen molar-refractivity contribution in [2.75, 3.05) is 32.4 Å². The second-order valence-electron chi connectivity index (χ2n) is 8.76. The molecule has 168 valence electrons. The number of sulfonamides is 1. The van der Waals surface area contributed by atoms with Crippen LogP contribution in [0.3, 0.4) is 0 Å². The number of carbonyl (C=O) groups excluding carboxylic acids is 1. The van der Waals surface area contributed by atoms with Gasteiger partial charge in [0.1, 0.15) is 0 Å². The molecule has 0 radical (unpaired) electrons. The zero-order valence-corrected chi connectivity index (χ0v) is 19.0. The lowest BCUT2D eigenvalue weighted by Gasteiger charge is -2.37. The molecule has 8 nitrogen and oxygen atoms in total. The lowest BCUT2D eigenvalue weighted by atomic mass is 9.91. The van der Waals surface area contributed by atoms with Gasteiger partial charge in [-0.3, -0.25) is 4.79 Å². The van der Waals surface area contributed by atoms with Crippen LogP contribution >= 0.6 is 0 Å². The van der Waals surface area contributed by atoms with E-state index in [-0.39, 0.29) is 11.8 Å². The molecule has 2 aliphatic rings. The van der Waals surface area contributed by atoms with Gasteiger partial charge in [0.25, 0.3) is 0 Å². The van der Waals surface area contributed by atoms with Gasteiger partial charge in [0.15, 0.2) is 0 Å². The van der Waals surface area contributed by atoms with E-state index in [0.717, 1.165) is 30.5 Å². The molecule has 0 bridgehead atoms. The van der Waals surface area contributed by atoms with E-state index in [1.807, 2.05) is 36.1 Å². The lowest BCUT2D eigenvalue weighted by Crippen LogP contribution is -2.47. The molecule has 0 unspecified atom stereocenters. The molecule has 1 aromatic carbocycles. The molecule has 0 aliphatic carbocycles. The van der Waals surface area contributed by atoms with Crippen molar-refractivity contribution in [3.05, 3.63) is 35.7 Å². The minimum Gasteiger partial charge on any atom is -0.342 e. The first-order valence-electron chi connectivity index (χ1n) is 10.9. The van der Waals surface area contributed by atoms with Crippen molar-refractivity contribution in [3.8, 4) is 11.4 Å². The van der Waals surface area contributed by atoms with E-state index in [1.165, 1.54) is 10.6 Å². The fourth-order valence-corrected chi connectivity index (χ4v) is 5.52. The Morgan fingerprint density at radius 1 is 1.16 bits per heavy atom. The predicted octanol–water partition coefficient (Wildman–Crippen LogP) is 2.50. The number of aromatic nitrogens is 2. The van der Waals surface area contributed by atoms with Crippen LogP contribution in [-0.2, 0) is 21.2 Å². The number of aryl methyl sites for hydroxylation is 1. The van der Waals surface area contributed by atoms with Crippen molar-refractivity contribution in [3.63, 3.8) is 0 Å². The predicted molar refractivity (Wildman–Crippen MR) is 117 cm³/mol. The summed E-state index contributed by atoms with van der Waals surface area (Å²) >= 11 is 0. The number of likely N-dealkylation sites (tertiary alicyclic amines) is 1. The summed E-state index contributed by atoms with van der Waals surface area (Å²) in [4.78, 5) is 19.6. The summed E-state index contributed by atoms with van der Waals surface area (Å²) in [5.41, 5.74) is 2.07. The number of rotatable bonds is 5. The number of amides is 1. The normalized spacial score (nSPS) is 21.4. The van der Waals surface area contributed by atoms with Crippen molar-refractivity contribution in [2.24, 2.45) is 11.8 Å². The topological polar surface area (TPSA) is 96.6 Å². The highest BCUT2D eigenvalue weighted by Gasteiger charge is 2.33. The Morgan fingerprint density at radius 3 is 2.61 bits per heavy atom. The van der Waals surface area contributed by atoms with Gasteiger partial charge in [-0.05, 0) is 44.1 Å². The summed E-state index contributed by atoms with van der Waals surface area (Å²) < 4.78 is 30.4. The van der Waals surface area contributed by atoms with E-state index in [9.17, 15) is 13.2 Å². The summed E-state index contributed by atoms with van der Waals surface area (Å²) in [6.07, 6.45) is 5.06. The quantitative estimate of drug-likeness (QED) is 0.700. The van der Waals surface area contributed by atoms with Gasteiger partial charge >= 0.3 is 0 Å². The maximum absolute atomic E-state index is 13.0. The minimum absolute atomic E-state index is 0.0900. The summed E-state index contributed by atoms with van der Waals surface area (Å²) in [5, 5.41) is 4.15. The van der Waals surface area contributed by atoms with E-state index in [0.29, 0.717) is 56.5 Å². The van der Waals surface area contributed by atoms with E-state index >= 15 is 0 Å². The maximum atomic E-state index is 13.0. The number of hydrogen-bond donors (Lipinski definition) is 0. The molecule has 2 fully saturated rings. The number of benzene rings is 1. The van der Waals surface area contributed by atoms with Crippen LogP contribution < -0.4 is 0 Å². The van der Waals surface area contributed by atoms with Crippen LogP contribution in [0, 0.1) is 18.8 Å². The van der Waals surface area contributed by atoms with E-state index in [2.05, 4.69) is 10.1 Å². The molecule has 1 amide bonds. The average Bonchev–Trinajstić information content (AvgIpc) is 3.21. The first kappa shape index (κ1) is 22.0. The third-order valence-corrected chi connectivity index (χ3v) is 7.72. The fourth-order valence-electron chi connectivity index (χ4n) is 4.64. The molecule has 3 heterocycles. The van der Waals surface area contributed by atoms with Crippen LogP contribution in [0.15, 0.2) is 28.8 Å². The van der Waals surface area contributed by atoms with E-state index < -0.39 is 10.0 Å². The summed E-state index contributed by atoms with van der Waals surface area (Å²) in [6, 6.07) is 7.96. The van der Waals surface area contributed by atoms with Crippen LogP contribution in [0.2, 0.25) is 0 Å². The van der Waals surface area contributed by atoms with Crippen LogP contribution in [-0.4, -0.2) is 66.1 Å². The Kier molecular flexibility index (Phi) is 6.43. The highest BCUT2D eigenvalue weighted by molar-refractivity contribution is 7.88. The standard InChI is InChI=1S/C22H30N4O4S/c1-16-6-3-4-8-19(16)21-23-20(30-24-21)14-17-7-5-11-25(15-17)22(27)18-9-12-26(13-10-18)31(2,28)29/h3-4,6,8,17-18H,5,7,9-15H2,1-2H3/t17-/m1/s1. The largest absolute Gasteiger partial charge is 0.342 e. The summed E-state index contributed by atoms with van der Waals surface area (Å²) in [7, 11) is -3.18. The van der Waals surface area contributed by atoms with E-state index in [1.54, 1.807) is 0 Å². The van der Waals surface area contributed by atoms with Crippen molar-refractivity contribution < 1.29 is 17.7 Å². The van der Waals surface area contributed by atoms with Crippen LogP contribution in [0.5, 0.6) is 0 Å². The molecule has 0 spiro atoms. The van der Waals surface area contributed by atoms with Crippen LogP contribution in [0.25, 0.3) is 11.4 Å². The first-order chi connectivity index (χ1) is 14.8. The minimum atomic E-state index is -3.18. The molecule has 0 N–H and O–H groups in total. The Labute approximate surface area is 183 Å². The zero-order chi connectivity index (χ0) is 22.0. The average molecular weight is 447 g/mol. The number of nitrogens with zero attached hydrogens (tertiary/aromatic N) is 4. The smallest absolute Gasteiger partial charge is 0.227 e. The molecular weight excluding hydrogens is 416 g/mol. The zero-order valence-electron chi connectivity index (χ0n) is 18.2. The molecule has 1 aromatic heterocycles. The number of carbonyl (C=O) groups is 1. The van der Waals surface area contributed by atoms with Gasteiger partial charge in [-0.2, -0.15) is 4.98 Å². The molecule has 2 saturated heterocycles. The third kappa shape index (κ3) is 5.15. The molecule has 0 saturated carbocycles. The molecule has 2 aliphatic heterocycles.